The van der Waals surface area contributed by atoms with E-state index in [9.17, 15) is 9.90 Å². The minimum atomic E-state index is -0.613. The van der Waals surface area contributed by atoms with Crippen LogP contribution in [-0.2, 0) is 17.9 Å². The van der Waals surface area contributed by atoms with Crippen LogP contribution in [0.5, 0.6) is 5.75 Å². The second-order valence-electron chi connectivity index (χ2n) is 8.80. The van der Waals surface area contributed by atoms with Gasteiger partial charge in [0.25, 0.3) is 0 Å². The van der Waals surface area contributed by atoms with Crippen LogP contribution < -0.4 is 4.74 Å². The van der Waals surface area contributed by atoms with E-state index in [-0.39, 0.29) is 18.7 Å². The van der Waals surface area contributed by atoms with Gasteiger partial charge < -0.3 is 14.6 Å². The molecule has 0 radical (unpaired) electrons. The van der Waals surface area contributed by atoms with Crippen molar-refractivity contribution < 1.29 is 19.4 Å². The quantitative estimate of drug-likeness (QED) is 0.359. The molecule has 1 aliphatic heterocycles. The first-order chi connectivity index (χ1) is 17.6. The predicted molar refractivity (Wildman–Crippen MR) is 136 cm³/mol. The van der Waals surface area contributed by atoms with E-state index in [2.05, 4.69) is 44.9 Å². The maximum atomic E-state index is 12.3. The number of thiophene rings is 1. The number of esters is 1. The van der Waals surface area contributed by atoms with Crippen molar-refractivity contribution in [3.05, 3.63) is 100 Å². The van der Waals surface area contributed by atoms with E-state index in [4.69, 9.17) is 9.47 Å². The normalized spacial score (nSPS) is 20.2. The van der Waals surface area contributed by atoms with E-state index in [1.165, 1.54) is 4.88 Å². The van der Waals surface area contributed by atoms with Crippen LogP contribution in [0.1, 0.15) is 45.0 Å². The summed E-state index contributed by atoms with van der Waals surface area (Å²) >= 11 is 1.72. The minimum absolute atomic E-state index is 0.0178. The third kappa shape index (κ3) is 5.48. The van der Waals surface area contributed by atoms with Gasteiger partial charge >= 0.3 is 5.97 Å². The van der Waals surface area contributed by atoms with Crippen LogP contribution in [0.15, 0.2) is 78.3 Å². The third-order valence-electron chi connectivity index (χ3n) is 6.47. The van der Waals surface area contributed by atoms with Crippen molar-refractivity contribution in [2.24, 2.45) is 0 Å². The van der Waals surface area contributed by atoms with E-state index < -0.39 is 12.1 Å². The van der Waals surface area contributed by atoms with E-state index in [0.717, 1.165) is 17.9 Å². The van der Waals surface area contributed by atoms with E-state index in [1.807, 2.05) is 18.2 Å². The molecule has 1 fully saturated rings. The maximum Gasteiger partial charge on any atom is 0.338 e. The molecule has 0 unspecified atom stereocenters. The fourth-order valence-electron chi connectivity index (χ4n) is 4.57. The Morgan fingerprint density at radius 1 is 1.11 bits per heavy atom. The Balaban J connectivity index is 1.30. The maximum absolute atomic E-state index is 12.3. The summed E-state index contributed by atoms with van der Waals surface area (Å²) in [4.78, 5) is 15.9. The number of rotatable bonds is 8. The number of likely N-dealkylation sites (tertiary alicyclic amines) is 1. The van der Waals surface area contributed by atoms with Crippen LogP contribution in [0.4, 0.5) is 0 Å². The van der Waals surface area contributed by atoms with Crippen LogP contribution >= 0.6 is 11.3 Å². The van der Waals surface area contributed by atoms with Crippen LogP contribution in [0.25, 0.3) is 0 Å². The smallest absolute Gasteiger partial charge is 0.338 e. The topological polar surface area (TPSA) is 89.7 Å². The molecule has 8 nitrogen and oxygen atoms in total. The van der Waals surface area contributed by atoms with Crippen molar-refractivity contribution in [1.29, 1.82) is 0 Å². The molecule has 36 heavy (non-hydrogen) atoms. The van der Waals surface area contributed by atoms with Crippen LogP contribution in [0, 0.1) is 0 Å². The van der Waals surface area contributed by atoms with Gasteiger partial charge in [0, 0.05) is 24.0 Å². The van der Waals surface area contributed by atoms with Gasteiger partial charge in [0.2, 0.25) is 0 Å². The molecule has 0 spiro atoms. The number of aromatic nitrogens is 3. The molecule has 3 atom stereocenters. The molecule has 0 saturated carbocycles. The average molecular weight is 505 g/mol. The first-order valence-electron chi connectivity index (χ1n) is 11.8. The summed E-state index contributed by atoms with van der Waals surface area (Å²) in [5.41, 5.74) is 2.16. The van der Waals surface area contributed by atoms with Gasteiger partial charge in [-0.05, 0) is 47.7 Å². The van der Waals surface area contributed by atoms with Gasteiger partial charge in [-0.25, -0.2) is 9.48 Å². The number of aliphatic hydroxyl groups is 1. The van der Waals surface area contributed by atoms with Crippen LogP contribution in [-0.4, -0.2) is 50.7 Å². The monoisotopic (exact) mass is 504 g/mol. The SMILES string of the molecule is COc1ccc([C@H]2C[C@@H](O)[C@H](n3cc(COC(=O)c4ccccc4)nn3)CN2Cc2cccs2)cc1. The van der Waals surface area contributed by atoms with Crippen molar-refractivity contribution in [1.82, 2.24) is 19.9 Å². The fourth-order valence-corrected chi connectivity index (χ4v) is 5.30. The molecular formula is C27H28N4O4S. The van der Waals surface area contributed by atoms with E-state index in [1.54, 1.807) is 53.6 Å². The van der Waals surface area contributed by atoms with Gasteiger partial charge in [0.1, 0.15) is 18.1 Å². The lowest BCUT2D eigenvalue weighted by atomic mass is 9.90. The Hall–Kier alpha value is -3.53. The third-order valence-corrected chi connectivity index (χ3v) is 7.33. The highest BCUT2D eigenvalue weighted by Crippen LogP contribution is 2.37. The van der Waals surface area contributed by atoms with Crippen molar-refractivity contribution in [2.45, 2.75) is 37.8 Å². The number of nitrogens with zero attached hydrogens (tertiary/aromatic N) is 4. The van der Waals surface area contributed by atoms with E-state index in [0.29, 0.717) is 24.2 Å². The van der Waals surface area contributed by atoms with Gasteiger partial charge in [-0.15, -0.1) is 16.4 Å². The number of hydrogen-bond acceptors (Lipinski definition) is 8. The van der Waals surface area contributed by atoms with Crippen molar-refractivity contribution in [3.63, 3.8) is 0 Å². The van der Waals surface area contributed by atoms with Gasteiger partial charge in [-0.2, -0.15) is 0 Å². The molecule has 186 valence electrons. The lowest BCUT2D eigenvalue weighted by Crippen LogP contribution is -2.45. The molecule has 5 rings (SSSR count). The summed E-state index contributed by atoms with van der Waals surface area (Å²) < 4.78 is 12.4. The number of aliphatic hydroxyl groups excluding tert-OH is 1. The van der Waals surface area contributed by atoms with Gasteiger partial charge in [-0.1, -0.05) is 41.6 Å². The molecule has 2 aromatic heterocycles. The molecule has 1 aliphatic rings. The minimum Gasteiger partial charge on any atom is -0.497 e. The van der Waals surface area contributed by atoms with Gasteiger partial charge in [0.15, 0.2) is 0 Å². The Kier molecular flexibility index (Phi) is 7.41. The highest BCUT2D eigenvalue weighted by molar-refractivity contribution is 7.09. The number of methoxy groups -OCH3 is 1. The zero-order valence-corrected chi connectivity index (χ0v) is 20.8. The molecule has 9 heteroatoms. The molecule has 1 saturated heterocycles. The van der Waals surface area contributed by atoms with Gasteiger partial charge in [0.05, 0.1) is 31.0 Å². The standard InChI is InChI=1S/C27H28N4O4S/c1-34-22-11-9-19(10-12-22)24-14-26(32)25(17-30(24)16-23-8-5-13-36-23)31-15-21(28-29-31)18-35-27(33)20-6-3-2-4-7-20/h2-13,15,24-26,32H,14,16-18H2,1H3/t24-,25-,26-/m1/s1. The molecule has 0 amide bonds. The van der Waals surface area contributed by atoms with E-state index >= 15 is 0 Å². The molecule has 0 bridgehead atoms. The number of hydrogen-bond donors (Lipinski definition) is 1. The van der Waals surface area contributed by atoms with Gasteiger partial charge in [-0.3, -0.25) is 4.90 Å². The summed E-state index contributed by atoms with van der Waals surface area (Å²) in [6, 6.07) is 20.8. The molecular weight excluding hydrogens is 476 g/mol. The second kappa shape index (κ2) is 11.0. The fraction of sp³-hybridized carbons (Fsp3) is 0.296. The molecule has 2 aromatic carbocycles. The molecule has 4 aromatic rings. The number of carbonyl (C=O) groups excluding carboxylic acids is 1. The lowest BCUT2D eigenvalue weighted by molar-refractivity contribution is -0.0105. The van der Waals surface area contributed by atoms with Crippen LogP contribution in [0.2, 0.25) is 0 Å². The summed E-state index contributed by atoms with van der Waals surface area (Å²) in [6.07, 6.45) is 1.70. The zero-order chi connectivity index (χ0) is 24.9. The summed E-state index contributed by atoms with van der Waals surface area (Å²) in [5.74, 6) is 0.396. The predicted octanol–water partition coefficient (Wildman–Crippen LogP) is 4.25. The zero-order valence-electron chi connectivity index (χ0n) is 19.9. The largest absolute Gasteiger partial charge is 0.497 e. The first-order valence-corrected chi connectivity index (χ1v) is 12.7. The molecule has 1 N–H and O–H groups in total. The van der Waals surface area contributed by atoms with Crippen LogP contribution in [0.3, 0.4) is 0 Å². The lowest BCUT2D eigenvalue weighted by Gasteiger charge is -2.42. The highest BCUT2D eigenvalue weighted by Gasteiger charge is 2.37. The summed E-state index contributed by atoms with van der Waals surface area (Å²) in [7, 11) is 1.65. The number of carbonyl (C=O) groups is 1. The number of piperidine rings is 1. The second-order valence-corrected chi connectivity index (χ2v) is 9.83. The summed E-state index contributed by atoms with van der Waals surface area (Å²) in [6.45, 7) is 1.39. The Morgan fingerprint density at radius 2 is 1.92 bits per heavy atom. The Morgan fingerprint density at radius 3 is 2.64 bits per heavy atom. The molecule has 0 aliphatic carbocycles. The van der Waals surface area contributed by atoms with Crippen molar-refractivity contribution in [3.8, 4) is 5.75 Å². The first kappa shape index (κ1) is 24.2. The Bertz CT molecular complexity index is 1260. The average Bonchev–Trinajstić information content (AvgIpc) is 3.61. The Labute approximate surface area is 213 Å². The highest BCUT2D eigenvalue weighted by atomic mass is 32.1. The van der Waals surface area contributed by atoms with Crippen molar-refractivity contribution >= 4 is 17.3 Å². The number of ether oxygens (including phenoxy) is 2. The number of benzene rings is 2. The van der Waals surface area contributed by atoms with Crippen molar-refractivity contribution in [2.75, 3.05) is 13.7 Å². The summed E-state index contributed by atoms with van der Waals surface area (Å²) in [5, 5.41) is 21.7. The molecule has 3 heterocycles.